The molecule has 140 valence electrons. The average Bonchev–Trinajstić information content (AvgIpc) is 2.70. The molecule has 3 rings (SSSR count). The number of benzene rings is 2. The summed E-state index contributed by atoms with van der Waals surface area (Å²) in [7, 11) is -1.99. The van der Waals surface area contributed by atoms with E-state index in [-0.39, 0.29) is 18.0 Å². The Labute approximate surface area is 158 Å². The Hall–Kier alpha value is -1.66. The van der Waals surface area contributed by atoms with Gasteiger partial charge in [-0.3, -0.25) is 0 Å². The summed E-state index contributed by atoms with van der Waals surface area (Å²) < 4.78 is 5.85. The van der Waals surface area contributed by atoms with Gasteiger partial charge in [-0.15, -0.1) is 0 Å². The number of rotatable bonds is 6. The summed E-state index contributed by atoms with van der Waals surface area (Å²) in [5, 5.41) is 2.76. The molecule has 1 atom stereocenters. The third-order valence-electron chi connectivity index (χ3n) is 5.77. The van der Waals surface area contributed by atoms with Crippen molar-refractivity contribution in [2.24, 2.45) is 5.92 Å². The minimum absolute atomic E-state index is 0.0116. The van der Waals surface area contributed by atoms with Crippen LogP contribution in [0.1, 0.15) is 39.0 Å². The number of hydrogen-bond donors (Lipinski definition) is 0. The van der Waals surface area contributed by atoms with Gasteiger partial charge in [0.2, 0.25) is 0 Å². The second-order valence-corrected chi connectivity index (χ2v) is 12.1. The first kappa shape index (κ1) is 19.1. The van der Waals surface area contributed by atoms with E-state index in [0.29, 0.717) is 0 Å². The topological polar surface area (TPSA) is 26.3 Å². The van der Waals surface area contributed by atoms with Gasteiger partial charge in [0, 0.05) is 0 Å². The zero-order valence-electron chi connectivity index (χ0n) is 16.0. The van der Waals surface area contributed by atoms with Crippen LogP contribution >= 0.6 is 7.26 Å². The second-order valence-electron chi connectivity index (χ2n) is 7.87. The molecular formula is C23H31O2P. The molecule has 2 aromatic carbocycles. The van der Waals surface area contributed by atoms with E-state index in [0.717, 1.165) is 19.0 Å². The molecule has 3 heteroatoms. The van der Waals surface area contributed by atoms with E-state index in [1.54, 1.807) is 0 Å². The fourth-order valence-corrected chi connectivity index (χ4v) is 8.23. The first-order valence-electron chi connectivity index (χ1n) is 9.91. The van der Waals surface area contributed by atoms with E-state index < -0.39 is 7.26 Å². The Balaban J connectivity index is 1.78. The molecule has 1 aliphatic rings. The second kappa shape index (κ2) is 8.82. The summed E-state index contributed by atoms with van der Waals surface area (Å²) >= 11 is 0. The van der Waals surface area contributed by atoms with E-state index in [1.807, 2.05) is 6.92 Å². The minimum atomic E-state index is -1.99. The molecule has 0 amide bonds. The zero-order valence-corrected chi connectivity index (χ0v) is 17.0. The van der Waals surface area contributed by atoms with Crippen LogP contribution in [0, 0.1) is 5.92 Å². The van der Waals surface area contributed by atoms with Gasteiger partial charge in [0.1, 0.15) is 0 Å². The summed E-state index contributed by atoms with van der Waals surface area (Å²) in [6.45, 7) is 4.42. The van der Waals surface area contributed by atoms with Crippen molar-refractivity contribution in [3.05, 3.63) is 60.7 Å². The number of ether oxygens (including phenoxy) is 1. The molecule has 0 radical (unpaired) electrons. The average molecular weight is 370 g/mol. The van der Waals surface area contributed by atoms with Crippen molar-refractivity contribution in [2.45, 2.75) is 45.1 Å². The molecule has 0 heterocycles. The van der Waals surface area contributed by atoms with Crippen LogP contribution < -0.4 is 10.6 Å². The van der Waals surface area contributed by atoms with E-state index >= 15 is 0 Å². The summed E-state index contributed by atoms with van der Waals surface area (Å²) in [4.78, 5) is 12.8. The van der Waals surface area contributed by atoms with Crippen molar-refractivity contribution in [3.8, 4) is 0 Å². The Morgan fingerprint density at radius 2 is 1.46 bits per heavy atom. The fraction of sp³-hybridized carbons (Fsp3) is 0.435. The molecule has 1 unspecified atom stereocenters. The van der Waals surface area contributed by atoms with Crippen LogP contribution in [-0.4, -0.2) is 24.9 Å². The zero-order chi connectivity index (χ0) is 18.4. The van der Waals surface area contributed by atoms with Gasteiger partial charge in [-0.05, 0) is 0 Å². The molecule has 0 bridgehead atoms. The van der Waals surface area contributed by atoms with Crippen molar-refractivity contribution >= 4 is 23.8 Å². The van der Waals surface area contributed by atoms with E-state index in [1.165, 1.54) is 29.9 Å². The van der Waals surface area contributed by atoms with Crippen molar-refractivity contribution in [2.75, 3.05) is 12.8 Å². The number of carbonyl (C=O) groups excluding carboxylic acids is 1. The third-order valence-corrected chi connectivity index (χ3v) is 10.4. The van der Waals surface area contributed by atoms with Gasteiger partial charge in [0.25, 0.3) is 0 Å². The van der Waals surface area contributed by atoms with Crippen LogP contribution in [0.2, 0.25) is 0 Å². The van der Waals surface area contributed by atoms with Crippen LogP contribution in [-0.2, 0) is 9.53 Å². The van der Waals surface area contributed by atoms with Crippen molar-refractivity contribution in [1.82, 2.24) is 0 Å². The molecular weight excluding hydrogens is 339 g/mol. The molecule has 0 aliphatic heterocycles. The predicted molar refractivity (Wildman–Crippen MR) is 113 cm³/mol. The van der Waals surface area contributed by atoms with Crippen molar-refractivity contribution < 1.29 is 9.53 Å². The molecule has 1 aliphatic carbocycles. The van der Waals surface area contributed by atoms with Gasteiger partial charge >= 0.3 is 158 Å². The standard InChI is InChI=1S/C23H31O2P/c1-19(23(24)25-20-12-6-3-7-13-20)18-26(2,21-14-8-4-9-15-21)22-16-10-5-11-17-22/h4-5,8-11,14-17,19-20,26H,3,6-7,12-13,18H2,1-2H3. The van der Waals surface area contributed by atoms with Gasteiger partial charge in [0.05, 0.1) is 0 Å². The Morgan fingerprint density at radius 1 is 0.962 bits per heavy atom. The molecule has 0 aromatic heterocycles. The monoisotopic (exact) mass is 370 g/mol. The van der Waals surface area contributed by atoms with Crippen molar-refractivity contribution in [3.63, 3.8) is 0 Å². The van der Waals surface area contributed by atoms with Gasteiger partial charge in [0.15, 0.2) is 0 Å². The van der Waals surface area contributed by atoms with Crippen molar-refractivity contribution in [1.29, 1.82) is 0 Å². The van der Waals surface area contributed by atoms with Crippen LogP contribution in [0.15, 0.2) is 60.7 Å². The molecule has 0 spiro atoms. The summed E-state index contributed by atoms with van der Waals surface area (Å²) in [5.41, 5.74) is 0. The van der Waals surface area contributed by atoms with Crippen LogP contribution in [0.5, 0.6) is 0 Å². The normalized spacial score (nSPS) is 17.5. The molecule has 0 N–H and O–H groups in total. The van der Waals surface area contributed by atoms with Crippen LogP contribution in [0.25, 0.3) is 0 Å². The van der Waals surface area contributed by atoms with Gasteiger partial charge in [-0.2, -0.15) is 0 Å². The number of hydrogen-bond acceptors (Lipinski definition) is 2. The molecule has 2 aromatic rings. The van der Waals surface area contributed by atoms with Gasteiger partial charge in [-0.25, -0.2) is 0 Å². The van der Waals surface area contributed by atoms with E-state index in [4.69, 9.17) is 4.74 Å². The SMILES string of the molecule is CC(C[PH](C)(c1ccccc1)c1ccccc1)C(=O)OC1CCCCC1. The fourth-order valence-electron chi connectivity index (χ4n) is 4.17. The first-order valence-corrected chi connectivity index (χ1v) is 12.6. The van der Waals surface area contributed by atoms with E-state index in [2.05, 4.69) is 67.3 Å². The van der Waals surface area contributed by atoms with Gasteiger partial charge in [-0.1, -0.05) is 0 Å². The molecule has 1 fully saturated rings. The first-order chi connectivity index (χ1) is 12.6. The number of carbonyl (C=O) groups is 1. The third kappa shape index (κ3) is 4.54. The molecule has 2 nitrogen and oxygen atoms in total. The predicted octanol–water partition coefficient (Wildman–Crippen LogP) is 4.53. The van der Waals surface area contributed by atoms with Gasteiger partial charge < -0.3 is 0 Å². The maximum absolute atomic E-state index is 12.8. The van der Waals surface area contributed by atoms with Crippen LogP contribution in [0.3, 0.4) is 0 Å². The molecule has 26 heavy (non-hydrogen) atoms. The Morgan fingerprint density at radius 3 is 1.96 bits per heavy atom. The summed E-state index contributed by atoms with van der Waals surface area (Å²) in [6.07, 6.45) is 6.73. The van der Waals surface area contributed by atoms with E-state index in [9.17, 15) is 4.79 Å². The number of esters is 1. The summed E-state index contributed by atoms with van der Waals surface area (Å²) in [5.74, 6) is -0.0866. The Bertz CT molecular complexity index is 653. The Kier molecular flexibility index (Phi) is 6.48. The quantitative estimate of drug-likeness (QED) is 0.552. The van der Waals surface area contributed by atoms with Crippen LogP contribution in [0.4, 0.5) is 0 Å². The summed E-state index contributed by atoms with van der Waals surface area (Å²) in [6, 6.07) is 21.4. The maximum atomic E-state index is 12.8. The molecule has 0 saturated heterocycles. The molecule has 1 saturated carbocycles.